The molecule has 5 nitrogen and oxygen atoms in total. The lowest BCUT2D eigenvalue weighted by Gasteiger charge is -2.04. The maximum atomic E-state index is 11.7. The van der Waals surface area contributed by atoms with Crippen molar-refractivity contribution in [3.8, 4) is 0 Å². The maximum Gasteiger partial charge on any atom is 0.325 e. The molecule has 0 fully saturated rings. The van der Waals surface area contributed by atoms with Crippen molar-refractivity contribution in [3.63, 3.8) is 0 Å². The van der Waals surface area contributed by atoms with E-state index in [4.69, 9.17) is 11.6 Å². The summed E-state index contributed by atoms with van der Waals surface area (Å²) in [6, 6.07) is 6.30. The Kier molecular flexibility index (Phi) is 4.13. The molecule has 0 spiro atoms. The van der Waals surface area contributed by atoms with Crippen LogP contribution in [0.15, 0.2) is 29.6 Å². The first-order chi connectivity index (χ1) is 9.04. The smallest absolute Gasteiger partial charge is 0.308 e. The highest BCUT2D eigenvalue weighted by Gasteiger charge is 2.09. The largest absolute Gasteiger partial charge is 0.325 e. The van der Waals surface area contributed by atoms with Crippen molar-refractivity contribution >= 4 is 45.6 Å². The first kappa shape index (κ1) is 13.5. The standard InChI is InChI=1S/C12H10ClN3O2S/c1-7(17)10-6-19-12(15-10)16-11(18)14-9-4-2-8(13)3-5-9/h2-6H,1H3,(H2,14,15,16,18). The van der Waals surface area contributed by atoms with Crippen molar-refractivity contribution in [1.82, 2.24) is 4.98 Å². The molecule has 2 amide bonds. The lowest BCUT2D eigenvalue weighted by atomic mass is 10.3. The molecular weight excluding hydrogens is 286 g/mol. The zero-order chi connectivity index (χ0) is 13.8. The Morgan fingerprint density at radius 2 is 1.89 bits per heavy atom. The van der Waals surface area contributed by atoms with Gasteiger partial charge in [0.1, 0.15) is 5.69 Å². The summed E-state index contributed by atoms with van der Waals surface area (Å²) in [5.74, 6) is -0.137. The zero-order valence-corrected chi connectivity index (χ0v) is 11.5. The van der Waals surface area contributed by atoms with Crippen molar-refractivity contribution < 1.29 is 9.59 Å². The number of rotatable bonds is 3. The molecule has 2 rings (SSSR count). The third-order valence-electron chi connectivity index (χ3n) is 2.19. The molecule has 0 aliphatic rings. The van der Waals surface area contributed by atoms with E-state index in [0.29, 0.717) is 21.5 Å². The van der Waals surface area contributed by atoms with Crippen molar-refractivity contribution in [2.75, 3.05) is 10.6 Å². The highest BCUT2D eigenvalue weighted by atomic mass is 35.5. The summed E-state index contributed by atoms with van der Waals surface area (Å²) < 4.78 is 0. The number of anilines is 2. The summed E-state index contributed by atoms with van der Waals surface area (Å²) in [6.07, 6.45) is 0. The molecule has 0 aliphatic carbocycles. The minimum atomic E-state index is -0.424. The number of nitrogens with one attached hydrogen (secondary N) is 2. The van der Waals surface area contributed by atoms with E-state index in [2.05, 4.69) is 15.6 Å². The number of aromatic nitrogens is 1. The number of amides is 2. The molecule has 98 valence electrons. The van der Waals surface area contributed by atoms with Crippen LogP contribution in [0, 0.1) is 0 Å². The van der Waals surface area contributed by atoms with Crippen LogP contribution in [-0.4, -0.2) is 16.8 Å². The van der Waals surface area contributed by atoms with E-state index in [1.807, 2.05) is 0 Å². The molecule has 2 N–H and O–H groups in total. The van der Waals surface area contributed by atoms with Gasteiger partial charge in [-0.2, -0.15) is 0 Å². The number of halogens is 1. The van der Waals surface area contributed by atoms with Gasteiger partial charge >= 0.3 is 6.03 Å². The second-order valence-electron chi connectivity index (χ2n) is 3.68. The minimum absolute atomic E-state index is 0.137. The molecule has 1 heterocycles. The quantitative estimate of drug-likeness (QED) is 0.849. The molecule has 0 unspecified atom stereocenters. The molecule has 2 aromatic rings. The molecule has 19 heavy (non-hydrogen) atoms. The van der Waals surface area contributed by atoms with Gasteiger partial charge in [0.05, 0.1) is 0 Å². The van der Waals surface area contributed by atoms with Crippen LogP contribution in [-0.2, 0) is 0 Å². The lowest BCUT2D eigenvalue weighted by Crippen LogP contribution is -2.19. The van der Waals surface area contributed by atoms with Crippen LogP contribution in [0.1, 0.15) is 17.4 Å². The molecule has 0 atom stereocenters. The van der Waals surface area contributed by atoms with Gasteiger partial charge in [0.2, 0.25) is 0 Å². The van der Waals surface area contributed by atoms with Crippen LogP contribution in [0.2, 0.25) is 5.02 Å². The van der Waals surface area contributed by atoms with Crippen LogP contribution < -0.4 is 10.6 Å². The van der Waals surface area contributed by atoms with Gasteiger partial charge in [-0.15, -0.1) is 11.3 Å². The van der Waals surface area contributed by atoms with E-state index >= 15 is 0 Å². The average molecular weight is 296 g/mol. The Hall–Kier alpha value is -1.92. The highest BCUT2D eigenvalue weighted by molar-refractivity contribution is 7.14. The molecule has 1 aromatic carbocycles. The molecule has 0 saturated heterocycles. The van der Waals surface area contributed by atoms with Crippen molar-refractivity contribution in [2.45, 2.75) is 6.92 Å². The first-order valence-electron chi connectivity index (χ1n) is 5.34. The van der Waals surface area contributed by atoms with E-state index in [9.17, 15) is 9.59 Å². The Balaban J connectivity index is 1.97. The van der Waals surface area contributed by atoms with Crippen LogP contribution >= 0.6 is 22.9 Å². The van der Waals surface area contributed by atoms with Gasteiger partial charge in [0.25, 0.3) is 0 Å². The maximum absolute atomic E-state index is 11.7. The number of hydrogen-bond donors (Lipinski definition) is 2. The van der Waals surface area contributed by atoms with Gasteiger partial charge < -0.3 is 5.32 Å². The molecule has 0 aliphatic heterocycles. The summed E-state index contributed by atoms with van der Waals surface area (Å²) in [7, 11) is 0. The summed E-state index contributed by atoms with van der Waals surface area (Å²) in [4.78, 5) is 26.7. The monoisotopic (exact) mass is 295 g/mol. The number of urea groups is 1. The summed E-state index contributed by atoms with van der Waals surface area (Å²) in [6.45, 7) is 1.42. The molecular formula is C12H10ClN3O2S. The van der Waals surface area contributed by atoms with Gasteiger partial charge in [-0.3, -0.25) is 10.1 Å². The predicted octanol–water partition coefficient (Wildman–Crippen LogP) is 3.64. The molecule has 0 radical (unpaired) electrons. The Bertz CT molecular complexity index is 610. The number of Topliss-reactive ketones (excluding diaryl/α,β-unsaturated/α-hetero) is 1. The van der Waals surface area contributed by atoms with Gasteiger partial charge in [-0.25, -0.2) is 9.78 Å². The Morgan fingerprint density at radius 3 is 2.47 bits per heavy atom. The third-order valence-corrected chi connectivity index (χ3v) is 3.20. The highest BCUT2D eigenvalue weighted by Crippen LogP contribution is 2.17. The number of thiazole rings is 1. The van der Waals surface area contributed by atoms with Crippen molar-refractivity contribution in [3.05, 3.63) is 40.4 Å². The SMILES string of the molecule is CC(=O)c1csc(NC(=O)Nc2ccc(Cl)cc2)n1. The number of carbonyl (C=O) groups excluding carboxylic acids is 2. The van der Waals surface area contributed by atoms with Crippen molar-refractivity contribution in [1.29, 1.82) is 0 Å². The van der Waals surface area contributed by atoms with Gasteiger partial charge in [-0.1, -0.05) is 11.6 Å². The van der Waals surface area contributed by atoms with Crippen LogP contribution in [0.4, 0.5) is 15.6 Å². The minimum Gasteiger partial charge on any atom is -0.308 e. The van der Waals surface area contributed by atoms with Gasteiger partial charge in [-0.05, 0) is 24.3 Å². The Labute approximate surface area is 118 Å². The number of benzene rings is 1. The fourth-order valence-corrected chi connectivity index (χ4v) is 2.16. The van der Waals surface area contributed by atoms with E-state index in [0.717, 1.165) is 0 Å². The van der Waals surface area contributed by atoms with Crippen molar-refractivity contribution in [2.24, 2.45) is 0 Å². The number of carbonyl (C=O) groups is 2. The number of ketones is 1. The number of nitrogens with zero attached hydrogens (tertiary/aromatic N) is 1. The van der Waals surface area contributed by atoms with Crippen LogP contribution in [0.25, 0.3) is 0 Å². The van der Waals surface area contributed by atoms with Crippen LogP contribution in [0.3, 0.4) is 0 Å². The topological polar surface area (TPSA) is 71.1 Å². The summed E-state index contributed by atoms with van der Waals surface area (Å²) in [5, 5.41) is 7.75. The molecule has 0 saturated carbocycles. The van der Waals surface area contributed by atoms with E-state index < -0.39 is 6.03 Å². The second kappa shape index (κ2) is 5.81. The first-order valence-corrected chi connectivity index (χ1v) is 6.60. The predicted molar refractivity (Wildman–Crippen MR) is 76.2 cm³/mol. The van der Waals surface area contributed by atoms with E-state index in [-0.39, 0.29) is 5.78 Å². The normalized spacial score (nSPS) is 10.0. The molecule has 7 heteroatoms. The molecule has 1 aromatic heterocycles. The fourth-order valence-electron chi connectivity index (χ4n) is 1.29. The van der Waals surface area contributed by atoms with Gasteiger partial charge in [0.15, 0.2) is 10.9 Å². The Morgan fingerprint density at radius 1 is 1.21 bits per heavy atom. The van der Waals surface area contributed by atoms with Crippen LogP contribution in [0.5, 0.6) is 0 Å². The fraction of sp³-hybridized carbons (Fsp3) is 0.0833. The second-order valence-corrected chi connectivity index (χ2v) is 4.97. The van der Waals surface area contributed by atoms with E-state index in [1.54, 1.807) is 29.6 Å². The van der Waals surface area contributed by atoms with E-state index in [1.165, 1.54) is 18.3 Å². The third kappa shape index (κ3) is 3.77. The summed E-state index contributed by atoms with van der Waals surface area (Å²) in [5.41, 5.74) is 0.956. The number of hydrogen-bond acceptors (Lipinski definition) is 4. The average Bonchev–Trinajstić information content (AvgIpc) is 2.80. The molecule has 0 bridgehead atoms. The summed E-state index contributed by atoms with van der Waals surface area (Å²) >= 11 is 6.94. The van der Waals surface area contributed by atoms with Gasteiger partial charge in [0, 0.05) is 23.0 Å². The lowest BCUT2D eigenvalue weighted by molar-refractivity contribution is 0.101. The zero-order valence-electron chi connectivity index (χ0n) is 9.94.